The zero-order chi connectivity index (χ0) is 14.5. The average molecular weight is 294 g/mol. The summed E-state index contributed by atoms with van der Waals surface area (Å²) in [4.78, 5) is 23.1. The molecule has 0 saturated carbocycles. The van der Waals surface area contributed by atoms with E-state index in [1.54, 1.807) is 12.1 Å². The van der Waals surface area contributed by atoms with E-state index in [2.05, 4.69) is 11.4 Å². The van der Waals surface area contributed by atoms with Crippen molar-refractivity contribution >= 4 is 29.2 Å². The van der Waals surface area contributed by atoms with Crippen LogP contribution in [0.15, 0.2) is 29.8 Å². The van der Waals surface area contributed by atoms with Crippen molar-refractivity contribution in [1.29, 1.82) is 0 Å². The van der Waals surface area contributed by atoms with Crippen molar-refractivity contribution in [3.8, 4) is 0 Å². The van der Waals surface area contributed by atoms with Crippen molar-refractivity contribution in [2.45, 2.75) is 32.1 Å². The minimum absolute atomic E-state index is 0.00322. The van der Waals surface area contributed by atoms with E-state index in [1.807, 2.05) is 0 Å². The molecule has 0 heterocycles. The highest BCUT2D eigenvalue weighted by molar-refractivity contribution is 6.34. The third-order valence-electron chi connectivity index (χ3n) is 3.28. The van der Waals surface area contributed by atoms with E-state index in [4.69, 9.17) is 16.7 Å². The topological polar surface area (TPSA) is 66.4 Å². The number of carbonyl (C=O) groups excluding carboxylic acids is 1. The third-order valence-corrected chi connectivity index (χ3v) is 3.60. The number of nitrogens with one attached hydrogen (secondary N) is 1. The molecule has 1 aliphatic rings. The normalized spacial score (nSPS) is 14.6. The lowest BCUT2D eigenvalue weighted by Gasteiger charge is -2.14. The zero-order valence-electron chi connectivity index (χ0n) is 11.0. The molecule has 1 aromatic carbocycles. The highest BCUT2D eigenvalue weighted by Crippen LogP contribution is 2.27. The quantitative estimate of drug-likeness (QED) is 0.828. The Hall–Kier alpha value is -1.81. The van der Waals surface area contributed by atoms with Gasteiger partial charge in [0.2, 0.25) is 5.91 Å². The van der Waals surface area contributed by atoms with Crippen molar-refractivity contribution < 1.29 is 14.7 Å². The fourth-order valence-electron chi connectivity index (χ4n) is 2.28. The van der Waals surface area contributed by atoms with Crippen LogP contribution in [0.1, 0.15) is 42.5 Å². The molecule has 5 heteroatoms. The van der Waals surface area contributed by atoms with Gasteiger partial charge in [-0.05, 0) is 37.8 Å². The van der Waals surface area contributed by atoms with Gasteiger partial charge in [-0.2, -0.15) is 0 Å². The third kappa shape index (κ3) is 3.61. The standard InChI is InChI=1S/C15H16ClNO3/c16-12-8-4-7-11(15(19)20)14(12)17-13(18)9-10-5-2-1-3-6-10/h4-5,7-8H,1-3,6,9H2,(H,17,18)(H,19,20). The average Bonchev–Trinajstić information content (AvgIpc) is 2.42. The number of halogens is 1. The molecule has 0 bridgehead atoms. The Labute approximate surface area is 122 Å². The number of para-hydroxylation sites is 1. The molecule has 0 unspecified atom stereocenters. The van der Waals surface area contributed by atoms with E-state index in [-0.39, 0.29) is 22.2 Å². The summed E-state index contributed by atoms with van der Waals surface area (Å²) in [5.41, 5.74) is 1.28. The number of carboxylic acid groups (broad SMARTS) is 1. The first-order chi connectivity index (χ1) is 9.58. The number of aromatic carboxylic acids is 1. The summed E-state index contributed by atoms with van der Waals surface area (Å²) in [7, 11) is 0. The van der Waals surface area contributed by atoms with Gasteiger partial charge in [-0.15, -0.1) is 0 Å². The second-order valence-electron chi connectivity index (χ2n) is 4.80. The molecule has 0 fully saturated rings. The first-order valence-electron chi connectivity index (χ1n) is 6.57. The fourth-order valence-corrected chi connectivity index (χ4v) is 2.51. The largest absolute Gasteiger partial charge is 0.478 e. The summed E-state index contributed by atoms with van der Waals surface area (Å²) < 4.78 is 0. The first kappa shape index (κ1) is 14.6. The Bertz CT molecular complexity index is 566. The van der Waals surface area contributed by atoms with Gasteiger partial charge in [-0.3, -0.25) is 4.79 Å². The molecular weight excluding hydrogens is 278 g/mol. The van der Waals surface area contributed by atoms with E-state index in [0.717, 1.165) is 24.8 Å². The molecule has 1 amide bonds. The Morgan fingerprint density at radius 3 is 2.75 bits per heavy atom. The van der Waals surface area contributed by atoms with E-state index in [1.165, 1.54) is 12.5 Å². The molecule has 0 aromatic heterocycles. The minimum Gasteiger partial charge on any atom is -0.478 e. The molecule has 2 rings (SSSR count). The van der Waals surface area contributed by atoms with Crippen LogP contribution in [0.25, 0.3) is 0 Å². The number of allylic oxidation sites excluding steroid dienone is 1. The van der Waals surface area contributed by atoms with Gasteiger partial charge in [-0.25, -0.2) is 4.79 Å². The van der Waals surface area contributed by atoms with Gasteiger partial charge in [0.05, 0.1) is 16.3 Å². The molecular formula is C15H16ClNO3. The van der Waals surface area contributed by atoms with Crippen molar-refractivity contribution in [3.05, 3.63) is 40.4 Å². The van der Waals surface area contributed by atoms with E-state index in [9.17, 15) is 9.59 Å². The number of rotatable bonds is 4. The minimum atomic E-state index is -1.11. The van der Waals surface area contributed by atoms with Crippen LogP contribution in [0.2, 0.25) is 5.02 Å². The summed E-state index contributed by atoms with van der Waals surface area (Å²) in [5, 5.41) is 12.0. The number of carbonyl (C=O) groups is 2. The molecule has 0 saturated heterocycles. The molecule has 2 N–H and O–H groups in total. The summed E-state index contributed by atoms with van der Waals surface area (Å²) in [6.45, 7) is 0. The fraction of sp³-hybridized carbons (Fsp3) is 0.333. The maximum absolute atomic E-state index is 12.0. The lowest BCUT2D eigenvalue weighted by Crippen LogP contribution is -2.16. The lowest BCUT2D eigenvalue weighted by atomic mass is 9.97. The number of hydrogen-bond acceptors (Lipinski definition) is 2. The predicted molar refractivity (Wildman–Crippen MR) is 78.2 cm³/mol. The number of carboxylic acids is 1. The van der Waals surface area contributed by atoms with Gasteiger partial charge in [0.15, 0.2) is 0 Å². The molecule has 106 valence electrons. The molecule has 0 spiro atoms. The van der Waals surface area contributed by atoms with Crippen molar-refractivity contribution in [2.75, 3.05) is 5.32 Å². The summed E-state index contributed by atoms with van der Waals surface area (Å²) in [6.07, 6.45) is 6.60. The number of hydrogen-bond donors (Lipinski definition) is 2. The number of anilines is 1. The van der Waals surface area contributed by atoms with Crippen LogP contribution < -0.4 is 5.32 Å². The molecule has 0 radical (unpaired) electrons. The van der Waals surface area contributed by atoms with Gasteiger partial charge in [0.25, 0.3) is 0 Å². The lowest BCUT2D eigenvalue weighted by molar-refractivity contribution is -0.115. The Morgan fingerprint density at radius 1 is 1.30 bits per heavy atom. The van der Waals surface area contributed by atoms with E-state index >= 15 is 0 Å². The smallest absolute Gasteiger partial charge is 0.337 e. The molecule has 1 aromatic rings. The van der Waals surface area contributed by atoms with E-state index < -0.39 is 5.97 Å². The Kier molecular flexibility index (Phi) is 4.79. The molecule has 0 atom stereocenters. The van der Waals surface area contributed by atoms with Gasteiger partial charge < -0.3 is 10.4 Å². The van der Waals surface area contributed by atoms with Crippen LogP contribution in [0.5, 0.6) is 0 Å². The van der Waals surface area contributed by atoms with Crippen LogP contribution in [0.3, 0.4) is 0 Å². The van der Waals surface area contributed by atoms with Crippen LogP contribution >= 0.6 is 11.6 Å². The van der Waals surface area contributed by atoms with E-state index in [0.29, 0.717) is 6.42 Å². The Morgan fingerprint density at radius 2 is 2.10 bits per heavy atom. The van der Waals surface area contributed by atoms with Crippen LogP contribution in [-0.2, 0) is 4.79 Å². The van der Waals surface area contributed by atoms with Gasteiger partial charge >= 0.3 is 5.97 Å². The van der Waals surface area contributed by atoms with Gasteiger partial charge in [0.1, 0.15) is 0 Å². The molecule has 20 heavy (non-hydrogen) atoms. The Balaban J connectivity index is 2.11. The van der Waals surface area contributed by atoms with Crippen molar-refractivity contribution in [1.82, 2.24) is 0 Å². The number of benzene rings is 1. The van der Waals surface area contributed by atoms with Crippen molar-refractivity contribution in [3.63, 3.8) is 0 Å². The summed E-state index contributed by atoms with van der Waals surface area (Å²) in [6, 6.07) is 4.53. The predicted octanol–water partition coefficient (Wildman–Crippen LogP) is 3.87. The summed E-state index contributed by atoms with van der Waals surface area (Å²) >= 11 is 5.97. The zero-order valence-corrected chi connectivity index (χ0v) is 11.7. The van der Waals surface area contributed by atoms with Gasteiger partial charge in [0, 0.05) is 6.42 Å². The summed E-state index contributed by atoms with van der Waals surface area (Å²) in [5.74, 6) is -1.34. The van der Waals surface area contributed by atoms with Gasteiger partial charge in [-0.1, -0.05) is 29.3 Å². The van der Waals surface area contributed by atoms with Crippen LogP contribution in [-0.4, -0.2) is 17.0 Å². The van der Waals surface area contributed by atoms with Crippen LogP contribution in [0, 0.1) is 0 Å². The first-order valence-corrected chi connectivity index (χ1v) is 6.95. The molecule has 4 nitrogen and oxygen atoms in total. The highest BCUT2D eigenvalue weighted by atomic mass is 35.5. The molecule has 0 aliphatic heterocycles. The van der Waals surface area contributed by atoms with Crippen LogP contribution in [0.4, 0.5) is 5.69 Å². The monoisotopic (exact) mass is 293 g/mol. The van der Waals surface area contributed by atoms with Crippen molar-refractivity contribution in [2.24, 2.45) is 0 Å². The maximum atomic E-state index is 12.0. The molecule has 1 aliphatic carbocycles. The SMILES string of the molecule is O=C(CC1=CCCCC1)Nc1c(Cl)cccc1C(=O)O. The number of amides is 1. The highest BCUT2D eigenvalue weighted by Gasteiger charge is 2.16. The maximum Gasteiger partial charge on any atom is 0.337 e. The second kappa shape index (κ2) is 6.57. The second-order valence-corrected chi connectivity index (χ2v) is 5.21.